The minimum atomic E-state index is 0. The molecule has 1 saturated heterocycles. The van der Waals surface area contributed by atoms with E-state index in [0.717, 1.165) is 19.7 Å². The lowest BCUT2D eigenvalue weighted by molar-refractivity contribution is 0.0532. The molecule has 1 aliphatic rings. The Balaban J connectivity index is 0.00000144. The number of anilines is 1. The van der Waals surface area contributed by atoms with Crippen molar-refractivity contribution in [3.8, 4) is 0 Å². The second-order valence-electron chi connectivity index (χ2n) is 4.51. The average molecular weight is 257 g/mol. The molecule has 2 atom stereocenters. The summed E-state index contributed by atoms with van der Waals surface area (Å²) in [7, 11) is 0. The fourth-order valence-corrected chi connectivity index (χ4v) is 2.04. The minimum absolute atomic E-state index is 0. The van der Waals surface area contributed by atoms with E-state index in [1.165, 1.54) is 11.3 Å². The standard InChI is InChI=1S/C13H20N2O.ClH/c1-10-9-15(7-8-16-10)13-5-3-12(4-6-13)11(2)14;/h3-6,10-11H,7-9,14H2,1-2H3;1H/t10?,11-;/m1./s1. The number of benzene rings is 1. The molecule has 0 amide bonds. The highest BCUT2D eigenvalue weighted by Gasteiger charge is 2.16. The van der Waals surface area contributed by atoms with Crippen molar-refractivity contribution in [3.05, 3.63) is 29.8 Å². The maximum atomic E-state index is 5.83. The van der Waals surface area contributed by atoms with Crippen molar-refractivity contribution in [2.75, 3.05) is 24.6 Å². The molecule has 0 aliphatic carbocycles. The summed E-state index contributed by atoms with van der Waals surface area (Å²) in [6.45, 7) is 6.88. The van der Waals surface area contributed by atoms with Crippen LogP contribution in [0.25, 0.3) is 0 Å². The number of morpholine rings is 1. The van der Waals surface area contributed by atoms with Gasteiger partial charge < -0.3 is 15.4 Å². The van der Waals surface area contributed by atoms with Crippen LogP contribution in [0.1, 0.15) is 25.5 Å². The van der Waals surface area contributed by atoms with Gasteiger partial charge in [-0.3, -0.25) is 0 Å². The molecular weight excluding hydrogens is 236 g/mol. The number of nitrogens with zero attached hydrogens (tertiary/aromatic N) is 1. The van der Waals surface area contributed by atoms with Crippen LogP contribution in [0, 0.1) is 0 Å². The Kier molecular flexibility index (Phi) is 5.25. The second kappa shape index (κ2) is 6.24. The zero-order valence-corrected chi connectivity index (χ0v) is 11.2. The van der Waals surface area contributed by atoms with Gasteiger partial charge in [-0.2, -0.15) is 0 Å². The number of rotatable bonds is 2. The predicted octanol–water partition coefficient (Wildman–Crippen LogP) is 2.35. The molecule has 0 aromatic heterocycles. The Bertz CT molecular complexity index is 340. The second-order valence-corrected chi connectivity index (χ2v) is 4.51. The molecule has 2 rings (SSSR count). The molecule has 3 nitrogen and oxygen atoms in total. The largest absolute Gasteiger partial charge is 0.375 e. The van der Waals surface area contributed by atoms with Gasteiger partial charge in [0.25, 0.3) is 0 Å². The van der Waals surface area contributed by atoms with Gasteiger partial charge in [0.2, 0.25) is 0 Å². The first-order valence-corrected chi connectivity index (χ1v) is 5.89. The van der Waals surface area contributed by atoms with Gasteiger partial charge in [0, 0.05) is 24.8 Å². The third-order valence-corrected chi connectivity index (χ3v) is 3.03. The summed E-state index contributed by atoms with van der Waals surface area (Å²) in [5.41, 5.74) is 8.28. The first kappa shape index (κ1) is 14.3. The van der Waals surface area contributed by atoms with Crippen LogP contribution in [0.15, 0.2) is 24.3 Å². The van der Waals surface area contributed by atoms with E-state index in [1.807, 2.05) is 6.92 Å². The van der Waals surface area contributed by atoms with E-state index < -0.39 is 0 Å². The average Bonchev–Trinajstić information content (AvgIpc) is 2.29. The summed E-state index contributed by atoms with van der Waals surface area (Å²) >= 11 is 0. The molecule has 1 aliphatic heterocycles. The third-order valence-electron chi connectivity index (χ3n) is 3.03. The van der Waals surface area contributed by atoms with Gasteiger partial charge in [-0.15, -0.1) is 12.4 Å². The zero-order chi connectivity index (χ0) is 11.5. The van der Waals surface area contributed by atoms with Gasteiger partial charge in [-0.05, 0) is 31.5 Å². The Morgan fingerprint density at radius 3 is 2.53 bits per heavy atom. The molecule has 1 heterocycles. The molecule has 1 fully saturated rings. The van der Waals surface area contributed by atoms with Gasteiger partial charge >= 0.3 is 0 Å². The molecule has 0 spiro atoms. The summed E-state index contributed by atoms with van der Waals surface area (Å²) in [6.07, 6.45) is 0.321. The van der Waals surface area contributed by atoms with E-state index in [-0.39, 0.29) is 18.4 Å². The number of ether oxygens (including phenoxy) is 1. The SMILES string of the molecule is CC1CN(c2ccc([C@@H](C)N)cc2)CCO1.Cl. The van der Waals surface area contributed by atoms with Crippen LogP contribution in [-0.2, 0) is 4.74 Å². The van der Waals surface area contributed by atoms with E-state index in [0.29, 0.717) is 6.10 Å². The van der Waals surface area contributed by atoms with Crippen molar-refractivity contribution in [1.82, 2.24) is 0 Å². The van der Waals surface area contributed by atoms with E-state index in [2.05, 4.69) is 36.1 Å². The first-order chi connectivity index (χ1) is 7.66. The molecule has 1 aromatic rings. The quantitative estimate of drug-likeness (QED) is 0.883. The van der Waals surface area contributed by atoms with Crippen LogP contribution < -0.4 is 10.6 Å². The number of halogens is 1. The summed E-state index contributed by atoms with van der Waals surface area (Å²) in [5, 5.41) is 0. The molecule has 4 heteroatoms. The molecule has 0 radical (unpaired) electrons. The monoisotopic (exact) mass is 256 g/mol. The molecule has 1 aromatic carbocycles. The van der Waals surface area contributed by atoms with Gasteiger partial charge in [-0.25, -0.2) is 0 Å². The van der Waals surface area contributed by atoms with Crippen LogP contribution in [0.4, 0.5) is 5.69 Å². The van der Waals surface area contributed by atoms with Crippen LogP contribution >= 0.6 is 12.4 Å². The lowest BCUT2D eigenvalue weighted by atomic mass is 10.1. The number of hydrogen-bond acceptors (Lipinski definition) is 3. The normalized spacial score (nSPS) is 21.8. The minimum Gasteiger partial charge on any atom is -0.375 e. The van der Waals surface area contributed by atoms with Crippen molar-refractivity contribution in [2.45, 2.75) is 26.0 Å². The van der Waals surface area contributed by atoms with Crippen molar-refractivity contribution in [3.63, 3.8) is 0 Å². The number of nitrogens with two attached hydrogens (primary N) is 1. The Hall–Kier alpha value is -0.770. The topological polar surface area (TPSA) is 38.5 Å². The van der Waals surface area contributed by atoms with Crippen LogP contribution in [0.5, 0.6) is 0 Å². The zero-order valence-electron chi connectivity index (χ0n) is 10.4. The van der Waals surface area contributed by atoms with E-state index in [4.69, 9.17) is 10.5 Å². The lowest BCUT2D eigenvalue weighted by Gasteiger charge is -2.33. The van der Waals surface area contributed by atoms with Crippen LogP contribution in [-0.4, -0.2) is 25.8 Å². The summed E-state index contributed by atoms with van der Waals surface area (Å²) in [4.78, 5) is 2.36. The van der Waals surface area contributed by atoms with Gasteiger partial charge in [0.1, 0.15) is 0 Å². The highest BCUT2D eigenvalue weighted by molar-refractivity contribution is 5.85. The van der Waals surface area contributed by atoms with E-state index in [1.54, 1.807) is 0 Å². The number of hydrogen-bond donors (Lipinski definition) is 1. The van der Waals surface area contributed by atoms with E-state index >= 15 is 0 Å². The highest BCUT2D eigenvalue weighted by atomic mass is 35.5. The predicted molar refractivity (Wildman–Crippen MR) is 73.9 cm³/mol. The maximum absolute atomic E-state index is 5.83. The molecule has 2 N–H and O–H groups in total. The van der Waals surface area contributed by atoms with Crippen LogP contribution in [0.3, 0.4) is 0 Å². The van der Waals surface area contributed by atoms with Crippen molar-refractivity contribution >= 4 is 18.1 Å². The van der Waals surface area contributed by atoms with Crippen molar-refractivity contribution in [2.24, 2.45) is 5.73 Å². The van der Waals surface area contributed by atoms with Crippen molar-refractivity contribution < 1.29 is 4.74 Å². The molecule has 96 valence electrons. The van der Waals surface area contributed by atoms with Crippen LogP contribution in [0.2, 0.25) is 0 Å². The Morgan fingerprint density at radius 2 is 2.00 bits per heavy atom. The molecule has 1 unspecified atom stereocenters. The molecular formula is C13H21ClN2O. The smallest absolute Gasteiger partial charge is 0.0722 e. The van der Waals surface area contributed by atoms with Gasteiger partial charge in [-0.1, -0.05) is 12.1 Å². The molecule has 0 bridgehead atoms. The third kappa shape index (κ3) is 3.60. The van der Waals surface area contributed by atoms with Gasteiger partial charge in [0.15, 0.2) is 0 Å². The fourth-order valence-electron chi connectivity index (χ4n) is 2.04. The van der Waals surface area contributed by atoms with Crippen molar-refractivity contribution in [1.29, 1.82) is 0 Å². The fraction of sp³-hybridized carbons (Fsp3) is 0.538. The Labute approximate surface area is 109 Å². The maximum Gasteiger partial charge on any atom is 0.0722 e. The molecule has 17 heavy (non-hydrogen) atoms. The van der Waals surface area contributed by atoms with Gasteiger partial charge in [0.05, 0.1) is 12.7 Å². The highest BCUT2D eigenvalue weighted by Crippen LogP contribution is 2.20. The summed E-state index contributed by atoms with van der Waals surface area (Å²) in [6, 6.07) is 8.63. The van der Waals surface area contributed by atoms with E-state index in [9.17, 15) is 0 Å². The lowest BCUT2D eigenvalue weighted by Crippen LogP contribution is -2.41. The molecule has 0 saturated carbocycles. The summed E-state index contributed by atoms with van der Waals surface area (Å²) in [5.74, 6) is 0. The Morgan fingerprint density at radius 1 is 1.35 bits per heavy atom. The summed E-state index contributed by atoms with van der Waals surface area (Å²) < 4.78 is 5.53. The first-order valence-electron chi connectivity index (χ1n) is 5.89.